The second-order valence-corrected chi connectivity index (χ2v) is 7.64. The highest BCUT2D eigenvalue weighted by atomic mass is 19.3. The molecule has 1 aliphatic carbocycles. The molecule has 12 heteroatoms. The fourth-order valence-electron chi connectivity index (χ4n) is 3.83. The van der Waals surface area contributed by atoms with E-state index in [9.17, 15) is 27.5 Å². The van der Waals surface area contributed by atoms with Crippen molar-refractivity contribution in [1.82, 2.24) is 20.3 Å². The number of ketones is 1. The third kappa shape index (κ3) is 3.28. The number of allylic oxidation sites excluding steroid dienone is 1. The average Bonchev–Trinajstić information content (AvgIpc) is 3.01. The molecule has 0 bridgehead atoms. The molecule has 176 valence electrons. The molecule has 1 unspecified atom stereocenters. The van der Waals surface area contributed by atoms with Crippen LogP contribution in [0.3, 0.4) is 0 Å². The molecule has 5 rings (SSSR count). The monoisotopic (exact) mass is 482 g/mol. The number of hydrogen-bond donors (Lipinski definition) is 2. The number of aliphatic hydroxyl groups is 1. The van der Waals surface area contributed by atoms with Gasteiger partial charge < -0.3 is 10.4 Å². The Morgan fingerprint density at radius 1 is 0.743 bits per heavy atom. The zero-order valence-electron chi connectivity index (χ0n) is 17.5. The lowest BCUT2D eigenvalue weighted by atomic mass is 9.88. The van der Waals surface area contributed by atoms with E-state index in [1.54, 1.807) is 0 Å². The minimum Gasteiger partial charge on any atom is -0.506 e. The number of aromatic nitrogens is 3. The second kappa shape index (κ2) is 7.79. The number of nitrogens with one attached hydrogen (secondary N) is 1. The van der Waals surface area contributed by atoms with E-state index < -0.39 is 34.6 Å². The van der Waals surface area contributed by atoms with Crippen molar-refractivity contribution in [3.05, 3.63) is 102 Å². The van der Waals surface area contributed by atoms with Gasteiger partial charge in [-0.2, -0.15) is 17.6 Å². The van der Waals surface area contributed by atoms with Crippen molar-refractivity contribution in [2.45, 2.75) is 17.5 Å². The van der Waals surface area contributed by atoms with Gasteiger partial charge in [0.1, 0.15) is 5.84 Å². The summed E-state index contributed by atoms with van der Waals surface area (Å²) in [6.07, 6.45) is 8.26. The molecule has 35 heavy (non-hydrogen) atoms. The number of rotatable bonds is 4. The van der Waals surface area contributed by atoms with Gasteiger partial charge in [0.15, 0.2) is 17.3 Å². The molecule has 4 heterocycles. The van der Waals surface area contributed by atoms with E-state index >= 15 is 0 Å². The Labute approximate surface area is 194 Å². The first-order valence-electron chi connectivity index (χ1n) is 10.1. The fourth-order valence-corrected chi connectivity index (χ4v) is 3.83. The summed E-state index contributed by atoms with van der Waals surface area (Å²) >= 11 is 0. The molecule has 2 aliphatic rings. The predicted molar refractivity (Wildman–Crippen MR) is 115 cm³/mol. The summed E-state index contributed by atoms with van der Waals surface area (Å²) in [7, 11) is 0. The Balaban J connectivity index is 1.85. The predicted octanol–water partition coefficient (Wildman–Crippen LogP) is 3.19. The van der Waals surface area contributed by atoms with Crippen LogP contribution in [-0.4, -0.2) is 49.4 Å². The summed E-state index contributed by atoms with van der Waals surface area (Å²) < 4.78 is 57.9. The first-order chi connectivity index (χ1) is 16.7. The van der Waals surface area contributed by atoms with Crippen LogP contribution in [0, 0.1) is 0 Å². The van der Waals surface area contributed by atoms with Crippen molar-refractivity contribution in [1.29, 1.82) is 0 Å². The fraction of sp³-hybridized carbons (Fsp3) is 0.130. The van der Waals surface area contributed by atoms with Crippen LogP contribution in [0.5, 0.6) is 0 Å². The van der Waals surface area contributed by atoms with Crippen molar-refractivity contribution in [2.24, 2.45) is 9.98 Å². The van der Waals surface area contributed by atoms with Crippen molar-refractivity contribution in [3.8, 4) is 0 Å². The molecule has 2 N–H and O–H groups in total. The summed E-state index contributed by atoms with van der Waals surface area (Å²) in [6.45, 7) is 0. The Kier molecular flexibility index (Phi) is 4.97. The lowest BCUT2D eigenvalue weighted by molar-refractivity contribution is -0.190. The Morgan fingerprint density at radius 2 is 1.26 bits per heavy atom. The van der Waals surface area contributed by atoms with Crippen LogP contribution < -0.4 is 5.32 Å². The van der Waals surface area contributed by atoms with Gasteiger partial charge in [-0.05, 0) is 36.4 Å². The van der Waals surface area contributed by atoms with Crippen LogP contribution in [0.15, 0.2) is 94.9 Å². The van der Waals surface area contributed by atoms with Crippen LogP contribution in [0.2, 0.25) is 0 Å². The summed E-state index contributed by atoms with van der Waals surface area (Å²) in [5, 5.41) is 13.1. The number of aliphatic imine (C=N–C) groups is 2. The van der Waals surface area contributed by atoms with Gasteiger partial charge in [0.05, 0.1) is 5.57 Å². The number of Topliss-reactive ketones (excluding diaryl/α,β-unsaturated/α-hetero) is 1. The second-order valence-electron chi connectivity index (χ2n) is 7.64. The molecule has 1 atom stereocenters. The van der Waals surface area contributed by atoms with E-state index in [-0.39, 0.29) is 17.2 Å². The minimum absolute atomic E-state index is 0.0103. The molecule has 3 aromatic heterocycles. The van der Waals surface area contributed by atoms with Gasteiger partial charge in [0, 0.05) is 53.9 Å². The van der Waals surface area contributed by atoms with Crippen LogP contribution in [-0.2, 0) is 10.5 Å². The lowest BCUT2D eigenvalue weighted by Crippen LogP contribution is -2.52. The van der Waals surface area contributed by atoms with E-state index in [0.717, 1.165) is 0 Å². The van der Waals surface area contributed by atoms with Gasteiger partial charge in [-0.15, -0.1) is 0 Å². The van der Waals surface area contributed by atoms with Crippen molar-refractivity contribution >= 4 is 17.5 Å². The number of aliphatic hydroxyl groups excluding tert-OH is 1. The molecule has 0 radical (unpaired) electrons. The van der Waals surface area contributed by atoms with Gasteiger partial charge in [-0.3, -0.25) is 19.7 Å². The van der Waals surface area contributed by atoms with E-state index in [4.69, 9.17) is 0 Å². The number of carbonyl (C=O) groups is 1. The molecule has 8 nitrogen and oxygen atoms in total. The highest BCUT2D eigenvalue weighted by Crippen LogP contribution is 2.53. The summed E-state index contributed by atoms with van der Waals surface area (Å²) in [5.74, 6) is -14.7. The normalized spacial score (nSPS) is 22.9. The summed E-state index contributed by atoms with van der Waals surface area (Å²) in [5.41, 5.74) is -2.96. The summed E-state index contributed by atoms with van der Waals surface area (Å²) in [6, 6.07) is 8.71. The largest absolute Gasteiger partial charge is 0.506 e. The maximum absolute atomic E-state index is 14.5. The van der Waals surface area contributed by atoms with Crippen molar-refractivity contribution in [3.63, 3.8) is 0 Å². The first kappa shape index (κ1) is 22.3. The van der Waals surface area contributed by atoms with E-state index in [2.05, 4.69) is 30.3 Å². The number of hydrogen-bond acceptors (Lipinski definition) is 8. The molecule has 0 saturated heterocycles. The zero-order valence-corrected chi connectivity index (χ0v) is 17.5. The van der Waals surface area contributed by atoms with Gasteiger partial charge in [-0.1, -0.05) is 0 Å². The molecular weight excluding hydrogens is 468 g/mol. The molecular formula is C23H14F4N6O2. The maximum atomic E-state index is 14.5. The molecule has 0 saturated carbocycles. The third-order valence-electron chi connectivity index (χ3n) is 5.58. The van der Waals surface area contributed by atoms with E-state index in [1.165, 1.54) is 73.6 Å². The molecule has 0 aromatic carbocycles. The smallest absolute Gasteiger partial charge is 0.379 e. The van der Waals surface area contributed by atoms with Gasteiger partial charge in [0.25, 0.3) is 0 Å². The Bertz CT molecular complexity index is 1400. The number of amidine groups is 2. The quantitative estimate of drug-likeness (QED) is 0.553. The SMILES string of the molecule is O=C1C(C2(c3ccncc3)N=C(c3ccncc3)N=C(c3ccncc3)N2)=C(O)C(F)(F)C1(F)F. The maximum Gasteiger partial charge on any atom is 0.379 e. The Hall–Kier alpha value is -4.48. The lowest BCUT2D eigenvalue weighted by Gasteiger charge is -2.36. The number of nitrogens with zero attached hydrogens (tertiary/aromatic N) is 5. The average molecular weight is 482 g/mol. The molecule has 0 fully saturated rings. The van der Waals surface area contributed by atoms with Gasteiger partial charge in [0.2, 0.25) is 5.78 Å². The summed E-state index contributed by atoms with van der Waals surface area (Å²) in [4.78, 5) is 33.3. The van der Waals surface area contributed by atoms with Crippen LogP contribution in [0.4, 0.5) is 17.6 Å². The van der Waals surface area contributed by atoms with Crippen LogP contribution in [0.1, 0.15) is 16.7 Å². The van der Waals surface area contributed by atoms with Gasteiger partial charge >= 0.3 is 11.8 Å². The molecule has 1 aliphatic heterocycles. The van der Waals surface area contributed by atoms with Crippen LogP contribution in [0.25, 0.3) is 0 Å². The van der Waals surface area contributed by atoms with Gasteiger partial charge in [-0.25, -0.2) is 9.98 Å². The van der Waals surface area contributed by atoms with E-state index in [0.29, 0.717) is 11.1 Å². The standard InChI is InChI=1S/C23H14F4N6O2/c24-22(25)17(34)16(18(35)23(22,26)27)21(15-5-11-30-12-6-15)32-19(13-1-7-28-8-2-13)31-20(33-21)14-3-9-29-10-4-14/h1-12,34H,(H,31,32,33). The number of halogens is 4. The van der Waals surface area contributed by atoms with E-state index in [1.807, 2.05) is 0 Å². The molecule has 0 amide bonds. The van der Waals surface area contributed by atoms with Crippen LogP contribution >= 0.6 is 0 Å². The van der Waals surface area contributed by atoms with Crippen molar-refractivity contribution in [2.75, 3.05) is 0 Å². The highest BCUT2D eigenvalue weighted by molar-refractivity contribution is 6.16. The van der Waals surface area contributed by atoms with Crippen molar-refractivity contribution < 1.29 is 27.5 Å². The zero-order chi connectivity index (χ0) is 24.8. The third-order valence-corrected chi connectivity index (χ3v) is 5.58. The minimum atomic E-state index is -5.19. The Morgan fingerprint density at radius 3 is 1.77 bits per heavy atom. The number of pyridine rings is 3. The number of alkyl halides is 4. The highest BCUT2D eigenvalue weighted by Gasteiger charge is 2.74. The molecule has 3 aromatic rings. The number of carbonyl (C=O) groups excluding carboxylic acids is 1. The molecule has 0 spiro atoms. The topological polar surface area (TPSA) is 113 Å². The first-order valence-corrected chi connectivity index (χ1v) is 10.1.